The molecule has 0 amide bonds. The molecule has 0 saturated carbocycles. The van der Waals surface area contributed by atoms with E-state index in [1.165, 1.54) is 16.7 Å². The van der Waals surface area contributed by atoms with E-state index in [1.807, 2.05) is 18.2 Å². The fourth-order valence-corrected chi connectivity index (χ4v) is 4.02. The van der Waals surface area contributed by atoms with E-state index >= 15 is 0 Å². The van der Waals surface area contributed by atoms with Crippen molar-refractivity contribution < 1.29 is 0 Å². The van der Waals surface area contributed by atoms with Crippen molar-refractivity contribution in [1.29, 1.82) is 5.26 Å². The van der Waals surface area contributed by atoms with Gasteiger partial charge in [-0.3, -0.25) is 0 Å². The van der Waals surface area contributed by atoms with Gasteiger partial charge in [-0.25, -0.2) is 0 Å². The summed E-state index contributed by atoms with van der Waals surface area (Å²) < 4.78 is 0. The number of benzene rings is 1. The van der Waals surface area contributed by atoms with Gasteiger partial charge in [0, 0.05) is 5.41 Å². The summed E-state index contributed by atoms with van der Waals surface area (Å²) in [4.78, 5) is 0. The number of rotatable bonds is 4. The first-order valence-corrected chi connectivity index (χ1v) is 11.6. The molecule has 1 aromatic rings. The molecular formula is C21H25NSi. The summed E-state index contributed by atoms with van der Waals surface area (Å²) in [7, 11) is -1.33. The number of nitriles is 1. The standard InChI is InChI=1S/C21H25NSi/c1-6-12-21(2)13-11-19(16-23(3,4)5)20(14-21)18-9-7-17(15-22)8-10-18/h6-11,13-14,16H,1,12H2,2-5H3/b19-16+. The van der Waals surface area contributed by atoms with Crippen LogP contribution in [0.2, 0.25) is 19.6 Å². The van der Waals surface area contributed by atoms with Gasteiger partial charge < -0.3 is 0 Å². The van der Waals surface area contributed by atoms with E-state index in [0.29, 0.717) is 5.56 Å². The molecule has 2 heteroatoms. The Balaban J connectivity index is 2.54. The van der Waals surface area contributed by atoms with Crippen LogP contribution >= 0.6 is 0 Å². The quantitative estimate of drug-likeness (QED) is 0.501. The Morgan fingerprint density at radius 3 is 2.39 bits per heavy atom. The first kappa shape index (κ1) is 17.2. The van der Waals surface area contributed by atoms with Crippen LogP contribution in [0.4, 0.5) is 0 Å². The van der Waals surface area contributed by atoms with Gasteiger partial charge in [0.05, 0.1) is 19.7 Å². The van der Waals surface area contributed by atoms with Crippen LogP contribution in [0.15, 0.2) is 66.4 Å². The topological polar surface area (TPSA) is 23.8 Å². The fourth-order valence-electron chi connectivity index (χ4n) is 2.84. The molecule has 0 radical (unpaired) electrons. The van der Waals surface area contributed by atoms with E-state index in [0.717, 1.165) is 6.42 Å². The van der Waals surface area contributed by atoms with Crippen LogP contribution in [-0.2, 0) is 0 Å². The van der Waals surface area contributed by atoms with E-state index in [-0.39, 0.29) is 5.41 Å². The molecule has 0 saturated heterocycles. The van der Waals surface area contributed by atoms with Crippen molar-refractivity contribution in [2.24, 2.45) is 5.41 Å². The lowest BCUT2D eigenvalue weighted by Crippen LogP contribution is -2.19. The molecule has 1 atom stereocenters. The van der Waals surface area contributed by atoms with Crippen molar-refractivity contribution in [3.05, 3.63) is 77.5 Å². The largest absolute Gasteiger partial charge is 0.192 e. The zero-order chi connectivity index (χ0) is 17.1. The lowest BCUT2D eigenvalue weighted by molar-refractivity contribution is 0.560. The Morgan fingerprint density at radius 1 is 1.22 bits per heavy atom. The molecule has 1 unspecified atom stereocenters. The molecule has 1 nitrogen and oxygen atoms in total. The molecule has 118 valence electrons. The highest BCUT2D eigenvalue weighted by molar-refractivity contribution is 6.81. The second kappa shape index (κ2) is 6.56. The van der Waals surface area contributed by atoms with Crippen molar-refractivity contribution in [1.82, 2.24) is 0 Å². The van der Waals surface area contributed by atoms with Crippen LogP contribution in [0.25, 0.3) is 5.57 Å². The van der Waals surface area contributed by atoms with Crippen molar-refractivity contribution in [2.75, 3.05) is 0 Å². The Morgan fingerprint density at radius 2 is 1.87 bits per heavy atom. The van der Waals surface area contributed by atoms with Gasteiger partial charge >= 0.3 is 0 Å². The summed E-state index contributed by atoms with van der Waals surface area (Å²) in [5.74, 6) is 0. The van der Waals surface area contributed by atoms with Gasteiger partial charge in [0.25, 0.3) is 0 Å². The molecule has 0 spiro atoms. The van der Waals surface area contributed by atoms with Gasteiger partial charge in [0.1, 0.15) is 0 Å². The van der Waals surface area contributed by atoms with Gasteiger partial charge in [-0.1, -0.05) is 68.7 Å². The van der Waals surface area contributed by atoms with Crippen molar-refractivity contribution >= 4 is 13.6 Å². The smallest absolute Gasteiger partial charge is 0.0991 e. The predicted octanol–water partition coefficient (Wildman–Crippen LogP) is 5.90. The predicted molar refractivity (Wildman–Crippen MR) is 103 cm³/mol. The van der Waals surface area contributed by atoms with Crippen LogP contribution in [0.1, 0.15) is 24.5 Å². The fraction of sp³-hybridized carbons (Fsp3) is 0.286. The van der Waals surface area contributed by atoms with Crippen molar-refractivity contribution in [3.8, 4) is 6.07 Å². The Hall–Kier alpha value is -2.11. The summed E-state index contributed by atoms with van der Waals surface area (Å²) in [6, 6.07) is 10.1. The molecular weight excluding hydrogens is 294 g/mol. The SMILES string of the molecule is C=CCC1(C)C=C/C(=C\[Si](C)(C)C)C(c2ccc(C#N)cc2)=C1. The lowest BCUT2D eigenvalue weighted by atomic mass is 9.77. The summed E-state index contributed by atoms with van der Waals surface area (Å²) in [5.41, 5.74) is 6.89. The highest BCUT2D eigenvalue weighted by Gasteiger charge is 2.24. The second-order valence-corrected chi connectivity index (χ2v) is 12.6. The molecule has 1 aliphatic rings. The number of hydrogen-bond acceptors (Lipinski definition) is 1. The maximum absolute atomic E-state index is 9.00. The van der Waals surface area contributed by atoms with Crippen LogP contribution < -0.4 is 0 Å². The first-order valence-electron chi connectivity index (χ1n) is 8.03. The first-order chi connectivity index (χ1) is 10.8. The Bertz CT molecular complexity index is 721. The third-order valence-electron chi connectivity index (χ3n) is 3.93. The molecule has 0 bridgehead atoms. The van der Waals surface area contributed by atoms with Crippen molar-refractivity contribution in [2.45, 2.75) is 33.0 Å². The molecule has 0 fully saturated rings. The molecule has 1 aromatic carbocycles. The number of nitrogens with zero attached hydrogens (tertiary/aromatic N) is 1. The van der Waals surface area contributed by atoms with Crippen LogP contribution in [0.5, 0.6) is 0 Å². The molecule has 0 aliphatic heterocycles. The van der Waals surface area contributed by atoms with Gasteiger partial charge in [0.2, 0.25) is 0 Å². The number of hydrogen-bond donors (Lipinski definition) is 0. The van der Waals surface area contributed by atoms with Gasteiger partial charge in [-0.2, -0.15) is 5.26 Å². The van der Waals surface area contributed by atoms with Gasteiger partial charge in [-0.15, -0.1) is 6.58 Å². The highest BCUT2D eigenvalue weighted by atomic mass is 28.3. The normalized spacial score (nSPS) is 22.6. The number of allylic oxidation sites excluding steroid dienone is 6. The van der Waals surface area contributed by atoms with Gasteiger partial charge in [-0.05, 0) is 35.3 Å². The minimum absolute atomic E-state index is 0.00175. The molecule has 0 heterocycles. The highest BCUT2D eigenvalue weighted by Crippen LogP contribution is 2.39. The van der Waals surface area contributed by atoms with E-state index in [4.69, 9.17) is 5.26 Å². The minimum atomic E-state index is -1.33. The monoisotopic (exact) mass is 319 g/mol. The minimum Gasteiger partial charge on any atom is -0.192 e. The molecule has 0 aromatic heterocycles. The maximum Gasteiger partial charge on any atom is 0.0991 e. The molecule has 2 rings (SSSR count). The summed E-state index contributed by atoms with van der Waals surface area (Å²) in [6.07, 6.45) is 9.79. The zero-order valence-electron chi connectivity index (χ0n) is 14.6. The maximum atomic E-state index is 9.00. The van der Waals surface area contributed by atoms with Gasteiger partial charge in [0.15, 0.2) is 0 Å². The van der Waals surface area contributed by atoms with Crippen molar-refractivity contribution in [3.63, 3.8) is 0 Å². The van der Waals surface area contributed by atoms with Crippen LogP contribution in [0, 0.1) is 16.7 Å². The summed E-state index contributed by atoms with van der Waals surface area (Å²) in [5, 5.41) is 9.00. The van der Waals surface area contributed by atoms with Crippen LogP contribution in [0.3, 0.4) is 0 Å². The average molecular weight is 320 g/mol. The van der Waals surface area contributed by atoms with E-state index in [1.54, 1.807) is 0 Å². The zero-order valence-corrected chi connectivity index (χ0v) is 15.6. The average Bonchev–Trinajstić information content (AvgIpc) is 2.48. The van der Waals surface area contributed by atoms with E-state index in [9.17, 15) is 0 Å². The van der Waals surface area contributed by atoms with Crippen LogP contribution in [-0.4, -0.2) is 8.07 Å². The lowest BCUT2D eigenvalue weighted by Gasteiger charge is -2.28. The Kier molecular flexibility index (Phi) is 4.92. The molecule has 1 aliphatic carbocycles. The second-order valence-electron chi connectivity index (χ2n) is 7.54. The summed E-state index contributed by atoms with van der Waals surface area (Å²) in [6.45, 7) is 13.2. The Labute approximate surface area is 141 Å². The van der Waals surface area contributed by atoms with E-state index < -0.39 is 8.07 Å². The summed E-state index contributed by atoms with van der Waals surface area (Å²) >= 11 is 0. The third kappa shape index (κ3) is 4.43. The third-order valence-corrected chi connectivity index (χ3v) is 5.10. The molecule has 23 heavy (non-hydrogen) atoms. The van der Waals surface area contributed by atoms with E-state index in [2.05, 4.69) is 75.3 Å². The molecule has 0 N–H and O–H groups in total.